The van der Waals surface area contributed by atoms with Crippen molar-refractivity contribution in [2.24, 2.45) is 5.41 Å². The van der Waals surface area contributed by atoms with Gasteiger partial charge in [0.1, 0.15) is 0 Å². The summed E-state index contributed by atoms with van der Waals surface area (Å²) in [5, 5.41) is 11.5. The van der Waals surface area contributed by atoms with Gasteiger partial charge >= 0.3 is 5.97 Å². The third-order valence-electron chi connectivity index (χ3n) is 2.37. The predicted molar refractivity (Wildman–Crippen MR) is 71.3 cm³/mol. The number of hydrogen-bond donors (Lipinski definition) is 2. The largest absolute Gasteiger partial charge is 0.481 e. The maximum Gasteiger partial charge on any atom is 0.303 e. The van der Waals surface area contributed by atoms with Crippen LogP contribution in [0.5, 0.6) is 0 Å². The first-order valence-electron chi connectivity index (χ1n) is 5.85. The number of thioether (sulfide) groups is 1. The van der Waals surface area contributed by atoms with Crippen molar-refractivity contribution in [3.05, 3.63) is 0 Å². The van der Waals surface area contributed by atoms with Crippen molar-refractivity contribution < 1.29 is 14.7 Å². The monoisotopic (exact) mass is 261 g/mol. The minimum absolute atomic E-state index is 0.0207. The summed E-state index contributed by atoms with van der Waals surface area (Å²) in [6.45, 7) is 4.28. The van der Waals surface area contributed by atoms with E-state index in [-0.39, 0.29) is 18.7 Å². The van der Waals surface area contributed by atoms with Gasteiger partial charge in [-0.05, 0) is 30.3 Å². The first-order chi connectivity index (χ1) is 7.87. The Balaban J connectivity index is 3.73. The molecule has 0 aromatic carbocycles. The van der Waals surface area contributed by atoms with Gasteiger partial charge in [0.25, 0.3) is 0 Å². The fourth-order valence-electron chi connectivity index (χ4n) is 1.57. The molecule has 0 atom stereocenters. The van der Waals surface area contributed by atoms with Crippen molar-refractivity contribution >= 4 is 23.6 Å². The summed E-state index contributed by atoms with van der Waals surface area (Å²) in [5.41, 5.74) is -0.477. The van der Waals surface area contributed by atoms with Crippen LogP contribution < -0.4 is 5.32 Å². The van der Waals surface area contributed by atoms with Gasteiger partial charge in [0.2, 0.25) is 5.91 Å². The molecule has 1 amide bonds. The summed E-state index contributed by atoms with van der Waals surface area (Å²) in [6.07, 6.45) is 4.42. The summed E-state index contributed by atoms with van der Waals surface area (Å²) in [5.74, 6) is 0.198. The Morgan fingerprint density at radius 2 is 1.88 bits per heavy atom. The smallest absolute Gasteiger partial charge is 0.303 e. The second kappa shape index (κ2) is 8.39. The normalized spacial score (nSPS) is 11.2. The molecule has 0 aliphatic rings. The van der Waals surface area contributed by atoms with Crippen LogP contribution in [0.15, 0.2) is 0 Å². The van der Waals surface area contributed by atoms with Crippen LogP contribution in [0.3, 0.4) is 0 Å². The summed E-state index contributed by atoms with van der Waals surface area (Å²) < 4.78 is 0. The summed E-state index contributed by atoms with van der Waals surface area (Å²) in [7, 11) is 0. The average Bonchev–Trinajstić information content (AvgIpc) is 2.14. The van der Waals surface area contributed by atoms with Gasteiger partial charge in [0, 0.05) is 13.0 Å². The number of carbonyl (C=O) groups excluding carboxylic acids is 1. The fourth-order valence-corrected chi connectivity index (χ4v) is 2.06. The van der Waals surface area contributed by atoms with Crippen molar-refractivity contribution in [2.75, 3.05) is 18.6 Å². The molecule has 0 unspecified atom stereocenters. The Morgan fingerprint density at radius 1 is 1.24 bits per heavy atom. The van der Waals surface area contributed by atoms with Crippen molar-refractivity contribution in [1.29, 1.82) is 0 Å². The maximum absolute atomic E-state index is 11.6. The molecule has 2 N–H and O–H groups in total. The lowest BCUT2D eigenvalue weighted by Crippen LogP contribution is -2.30. The lowest BCUT2D eigenvalue weighted by atomic mass is 9.85. The van der Waals surface area contributed by atoms with E-state index in [1.807, 2.05) is 0 Å². The van der Waals surface area contributed by atoms with Crippen LogP contribution in [0.4, 0.5) is 0 Å². The van der Waals surface area contributed by atoms with E-state index in [1.54, 1.807) is 25.6 Å². The van der Waals surface area contributed by atoms with Crippen LogP contribution in [-0.4, -0.2) is 35.5 Å². The van der Waals surface area contributed by atoms with E-state index in [0.29, 0.717) is 6.54 Å². The number of carbonyl (C=O) groups is 2. The van der Waals surface area contributed by atoms with Crippen LogP contribution >= 0.6 is 11.8 Å². The molecule has 0 radical (unpaired) electrons. The van der Waals surface area contributed by atoms with E-state index in [1.165, 1.54) is 0 Å². The van der Waals surface area contributed by atoms with Gasteiger partial charge < -0.3 is 10.4 Å². The highest BCUT2D eigenvalue weighted by atomic mass is 32.2. The number of nitrogens with one attached hydrogen (secondary N) is 1. The van der Waals surface area contributed by atoms with Crippen molar-refractivity contribution in [3.8, 4) is 0 Å². The van der Waals surface area contributed by atoms with Gasteiger partial charge in [0.05, 0.1) is 6.42 Å². The Labute approximate surface area is 108 Å². The molecule has 0 saturated heterocycles. The molecule has 0 saturated carbocycles. The average molecular weight is 261 g/mol. The second-order valence-corrected chi connectivity index (χ2v) is 5.95. The first kappa shape index (κ1) is 16.3. The summed E-state index contributed by atoms with van der Waals surface area (Å²) in [6, 6.07) is 0. The van der Waals surface area contributed by atoms with Gasteiger partial charge in [-0.3, -0.25) is 9.59 Å². The van der Waals surface area contributed by atoms with E-state index in [9.17, 15) is 9.59 Å². The van der Waals surface area contributed by atoms with E-state index < -0.39 is 11.4 Å². The highest BCUT2D eigenvalue weighted by molar-refractivity contribution is 7.98. The third-order valence-corrected chi connectivity index (χ3v) is 3.06. The molecule has 5 heteroatoms. The van der Waals surface area contributed by atoms with Gasteiger partial charge in [-0.15, -0.1) is 0 Å². The number of unbranched alkanes of at least 4 members (excludes halogenated alkanes) is 1. The highest BCUT2D eigenvalue weighted by Gasteiger charge is 2.24. The number of rotatable bonds is 9. The minimum atomic E-state index is -0.859. The van der Waals surface area contributed by atoms with E-state index in [2.05, 4.69) is 11.6 Å². The molecular formula is C12H23NO3S. The van der Waals surface area contributed by atoms with Gasteiger partial charge in [0.15, 0.2) is 0 Å². The SMILES string of the molecule is CSCCCCNC(=O)CC(C)(C)CC(=O)O. The quantitative estimate of drug-likeness (QED) is 0.624. The van der Waals surface area contributed by atoms with Crippen molar-refractivity contribution in [3.63, 3.8) is 0 Å². The van der Waals surface area contributed by atoms with Crippen molar-refractivity contribution in [2.45, 2.75) is 39.5 Å². The predicted octanol–water partition coefficient (Wildman–Crippen LogP) is 2.14. The molecule has 0 aliphatic carbocycles. The molecule has 0 aliphatic heterocycles. The van der Waals surface area contributed by atoms with E-state index >= 15 is 0 Å². The highest BCUT2D eigenvalue weighted by Crippen LogP contribution is 2.24. The van der Waals surface area contributed by atoms with Crippen LogP contribution in [0.1, 0.15) is 39.5 Å². The molecule has 0 aromatic heterocycles. The standard InChI is InChI=1S/C12H23NO3S/c1-12(2,9-11(15)16)8-10(14)13-6-4-5-7-17-3/h4-9H2,1-3H3,(H,13,14)(H,15,16). The zero-order chi connectivity index (χ0) is 13.3. The van der Waals surface area contributed by atoms with Crippen LogP contribution in [0, 0.1) is 5.41 Å². The van der Waals surface area contributed by atoms with Crippen LogP contribution in [0.2, 0.25) is 0 Å². The Kier molecular flexibility index (Phi) is 8.04. The minimum Gasteiger partial charge on any atom is -0.481 e. The lowest BCUT2D eigenvalue weighted by molar-refractivity contribution is -0.139. The topological polar surface area (TPSA) is 66.4 Å². The number of carboxylic acids is 1. The Hall–Kier alpha value is -0.710. The second-order valence-electron chi connectivity index (χ2n) is 4.96. The molecule has 0 aromatic rings. The number of carboxylic acid groups (broad SMARTS) is 1. The summed E-state index contributed by atoms with van der Waals surface area (Å²) >= 11 is 1.80. The molecule has 100 valence electrons. The first-order valence-corrected chi connectivity index (χ1v) is 7.24. The molecule has 17 heavy (non-hydrogen) atoms. The third kappa shape index (κ3) is 10.2. The number of hydrogen-bond acceptors (Lipinski definition) is 3. The van der Waals surface area contributed by atoms with Gasteiger partial charge in [-0.1, -0.05) is 13.8 Å². The zero-order valence-electron chi connectivity index (χ0n) is 10.9. The molecule has 0 bridgehead atoms. The molecule has 0 fully saturated rings. The van der Waals surface area contributed by atoms with Gasteiger partial charge in [-0.2, -0.15) is 11.8 Å². The number of aliphatic carboxylic acids is 1. The maximum atomic E-state index is 11.6. The Bertz CT molecular complexity index is 254. The van der Waals surface area contributed by atoms with Crippen LogP contribution in [0.25, 0.3) is 0 Å². The Morgan fingerprint density at radius 3 is 2.41 bits per heavy atom. The molecular weight excluding hydrogens is 238 g/mol. The molecule has 4 nitrogen and oxygen atoms in total. The fraction of sp³-hybridized carbons (Fsp3) is 0.833. The van der Waals surface area contributed by atoms with E-state index in [4.69, 9.17) is 5.11 Å². The van der Waals surface area contributed by atoms with Crippen LogP contribution in [-0.2, 0) is 9.59 Å². The van der Waals surface area contributed by atoms with Gasteiger partial charge in [-0.25, -0.2) is 0 Å². The van der Waals surface area contributed by atoms with E-state index in [0.717, 1.165) is 18.6 Å². The lowest BCUT2D eigenvalue weighted by Gasteiger charge is -2.21. The molecule has 0 spiro atoms. The summed E-state index contributed by atoms with van der Waals surface area (Å²) in [4.78, 5) is 22.2. The zero-order valence-corrected chi connectivity index (χ0v) is 11.7. The molecule has 0 heterocycles. The van der Waals surface area contributed by atoms with Crippen molar-refractivity contribution in [1.82, 2.24) is 5.32 Å². The number of amides is 1. The molecule has 0 rings (SSSR count).